The summed E-state index contributed by atoms with van der Waals surface area (Å²) in [6, 6.07) is 17.0. The van der Waals surface area contributed by atoms with Gasteiger partial charge in [0, 0.05) is 11.3 Å². The summed E-state index contributed by atoms with van der Waals surface area (Å²) in [7, 11) is -3.97. The normalized spacial score (nSPS) is 11.1. The quantitative estimate of drug-likeness (QED) is 0.458. The van der Waals surface area contributed by atoms with E-state index in [2.05, 4.69) is 10.0 Å². The molecule has 3 aromatic carbocycles. The van der Waals surface area contributed by atoms with Gasteiger partial charge in [0.05, 0.1) is 11.6 Å². The van der Waals surface area contributed by atoms with Crippen LogP contribution in [0.4, 0.5) is 5.69 Å². The third kappa shape index (κ3) is 6.02. The number of ether oxygens (including phenoxy) is 1. The highest BCUT2D eigenvalue weighted by atomic mass is 35.5. The fourth-order valence-corrected chi connectivity index (χ4v) is 4.73. The SMILES string of the molecule is Cc1cccc(NS(=O)(=O)c2cc(C(=O)NCCOc3ccc(C)cc3C)ccc2Cl)c1. The number of anilines is 1. The van der Waals surface area contributed by atoms with E-state index in [4.69, 9.17) is 16.3 Å². The van der Waals surface area contributed by atoms with Crippen LogP contribution in [0.5, 0.6) is 5.75 Å². The molecule has 0 fully saturated rings. The highest BCUT2D eigenvalue weighted by molar-refractivity contribution is 7.92. The van der Waals surface area contributed by atoms with Gasteiger partial charge >= 0.3 is 0 Å². The maximum absolute atomic E-state index is 12.8. The van der Waals surface area contributed by atoms with Crippen molar-refractivity contribution in [2.24, 2.45) is 0 Å². The van der Waals surface area contributed by atoms with Gasteiger partial charge in [0.1, 0.15) is 17.3 Å². The summed E-state index contributed by atoms with van der Waals surface area (Å²) in [6.45, 7) is 6.37. The maximum Gasteiger partial charge on any atom is 0.263 e. The van der Waals surface area contributed by atoms with Crippen molar-refractivity contribution < 1.29 is 17.9 Å². The molecule has 32 heavy (non-hydrogen) atoms. The monoisotopic (exact) mass is 472 g/mol. The summed E-state index contributed by atoms with van der Waals surface area (Å²) >= 11 is 6.13. The van der Waals surface area contributed by atoms with E-state index in [-0.39, 0.29) is 28.6 Å². The highest BCUT2D eigenvalue weighted by Gasteiger charge is 2.20. The van der Waals surface area contributed by atoms with Crippen LogP contribution in [-0.4, -0.2) is 27.5 Å². The van der Waals surface area contributed by atoms with Gasteiger partial charge in [-0.2, -0.15) is 0 Å². The molecule has 3 aromatic rings. The topological polar surface area (TPSA) is 84.5 Å². The fourth-order valence-electron chi connectivity index (χ4n) is 3.16. The standard InChI is InChI=1S/C24H25ClN2O4S/c1-16-5-4-6-20(14-16)27-32(29,30)23-15-19(8-9-21(23)25)24(28)26-11-12-31-22-10-7-17(2)13-18(22)3/h4-10,13-15,27H,11-12H2,1-3H3,(H,26,28). The van der Waals surface area contributed by atoms with Gasteiger partial charge in [-0.1, -0.05) is 41.4 Å². The number of carbonyl (C=O) groups is 1. The highest BCUT2D eigenvalue weighted by Crippen LogP contribution is 2.25. The second kappa shape index (κ2) is 10.1. The molecule has 1 amide bonds. The van der Waals surface area contributed by atoms with Crippen LogP contribution in [0.25, 0.3) is 0 Å². The molecule has 0 aliphatic rings. The molecule has 0 aliphatic heterocycles. The lowest BCUT2D eigenvalue weighted by Gasteiger charge is -2.12. The van der Waals surface area contributed by atoms with Crippen molar-refractivity contribution in [3.63, 3.8) is 0 Å². The first-order chi connectivity index (χ1) is 15.2. The molecule has 2 N–H and O–H groups in total. The van der Waals surface area contributed by atoms with Crippen LogP contribution in [-0.2, 0) is 10.0 Å². The third-order valence-corrected chi connectivity index (χ3v) is 6.59. The van der Waals surface area contributed by atoms with Gasteiger partial charge in [0.25, 0.3) is 15.9 Å². The van der Waals surface area contributed by atoms with Gasteiger partial charge in [-0.05, 0) is 68.3 Å². The molecule has 0 aromatic heterocycles. The minimum atomic E-state index is -3.97. The van der Waals surface area contributed by atoms with Crippen molar-refractivity contribution in [2.75, 3.05) is 17.9 Å². The Morgan fingerprint density at radius 3 is 2.44 bits per heavy atom. The molecule has 3 rings (SSSR count). The number of rotatable bonds is 8. The molecule has 0 radical (unpaired) electrons. The van der Waals surface area contributed by atoms with E-state index in [1.807, 2.05) is 45.0 Å². The minimum Gasteiger partial charge on any atom is -0.491 e. The summed E-state index contributed by atoms with van der Waals surface area (Å²) in [6.07, 6.45) is 0. The Bertz CT molecular complexity index is 1240. The van der Waals surface area contributed by atoms with Crippen LogP contribution in [0.2, 0.25) is 5.02 Å². The van der Waals surface area contributed by atoms with E-state index in [0.717, 1.165) is 22.4 Å². The zero-order chi connectivity index (χ0) is 23.3. The predicted octanol–water partition coefficient (Wildman–Crippen LogP) is 4.87. The van der Waals surface area contributed by atoms with E-state index < -0.39 is 15.9 Å². The summed E-state index contributed by atoms with van der Waals surface area (Å²) < 4.78 is 33.9. The van der Waals surface area contributed by atoms with Gasteiger partial charge in [0.15, 0.2) is 0 Å². The van der Waals surface area contributed by atoms with Crippen LogP contribution in [0.3, 0.4) is 0 Å². The number of benzene rings is 3. The molecule has 0 heterocycles. The van der Waals surface area contributed by atoms with Crippen molar-refractivity contribution >= 4 is 33.2 Å². The number of amides is 1. The molecule has 8 heteroatoms. The fraction of sp³-hybridized carbons (Fsp3) is 0.208. The molecule has 0 saturated heterocycles. The Hall–Kier alpha value is -3.03. The van der Waals surface area contributed by atoms with Crippen molar-refractivity contribution in [2.45, 2.75) is 25.7 Å². The summed E-state index contributed by atoms with van der Waals surface area (Å²) in [5, 5.41) is 2.76. The Kier molecular flexibility index (Phi) is 7.43. The van der Waals surface area contributed by atoms with E-state index in [1.165, 1.54) is 18.2 Å². The first-order valence-electron chi connectivity index (χ1n) is 10.0. The molecule has 0 aliphatic carbocycles. The van der Waals surface area contributed by atoms with Crippen LogP contribution in [0.15, 0.2) is 65.6 Å². The molecule has 168 valence electrons. The van der Waals surface area contributed by atoms with E-state index in [1.54, 1.807) is 18.2 Å². The average molecular weight is 473 g/mol. The molecular formula is C24H25ClN2O4S. The van der Waals surface area contributed by atoms with Crippen molar-refractivity contribution in [3.05, 3.63) is 87.9 Å². The molecule has 0 unspecified atom stereocenters. The number of sulfonamides is 1. The van der Waals surface area contributed by atoms with E-state index >= 15 is 0 Å². The molecule has 0 saturated carbocycles. The van der Waals surface area contributed by atoms with E-state index in [0.29, 0.717) is 5.69 Å². The van der Waals surface area contributed by atoms with Crippen molar-refractivity contribution in [3.8, 4) is 5.75 Å². The Morgan fingerprint density at radius 1 is 0.969 bits per heavy atom. The lowest BCUT2D eigenvalue weighted by molar-refractivity contribution is 0.0946. The zero-order valence-corrected chi connectivity index (χ0v) is 19.7. The van der Waals surface area contributed by atoms with E-state index in [9.17, 15) is 13.2 Å². The van der Waals surface area contributed by atoms with Crippen LogP contribution in [0, 0.1) is 20.8 Å². The van der Waals surface area contributed by atoms with Crippen LogP contribution < -0.4 is 14.8 Å². The molecule has 0 spiro atoms. The molecule has 0 bridgehead atoms. The first kappa shape index (κ1) is 23.6. The van der Waals surface area contributed by atoms with Gasteiger partial charge < -0.3 is 10.1 Å². The Morgan fingerprint density at radius 2 is 1.72 bits per heavy atom. The molecule has 6 nitrogen and oxygen atoms in total. The number of hydrogen-bond donors (Lipinski definition) is 2. The number of aryl methyl sites for hydroxylation is 3. The summed E-state index contributed by atoms with van der Waals surface area (Å²) in [4.78, 5) is 12.4. The Labute approximate surface area is 193 Å². The zero-order valence-electron chi connectivity index (χ0n) is 18.1. The van der Waals surface area contributed by atoms with Gasteiger partial charge in [-0.15, -0.1) is 0 Å². The van der Waals surface area contributed by atoms with Gasteiger partial charge in [0.2, 0.25) is 0 Å². The lowest BCUT2D eigenvalue weighted by atomic mass is 10.1. The maximum atomic E-state index is 12.8. The lowest BCUT2D eigenvalue weighted by Crippen LogP contribution is -2.28. The largest absolute Gasteiger partial charge is 0.491 e. The number of halogens is 1. The Balaban J connectivity index is 1.65. The average Bonchev–Trinajstić information content (AvgIpc) is 2.72. The van der Waals surface area contributed by atoms with Gasteiger partial charge in [-0.3, -0.25) is 9.52 Å². The van der Waals surface area contributed by atoms with Crippen LogP contribution in [0.1, 0.15) is 27.0 Å². The minimum absolute atomic E-state index is 0.0277. The number of nitrogens with one attached hydrogen (secondary N) is 2. The second-order valence-electron chi connectivity index (χ2n) is 7.49. The second-order valence-corrected chi connectivity index (χ2v) is 9.55. The summed E-state index contributed by atoms with van der Waals surface area (Å²) in [5.74, 6) is 0.338. The predicted molar refractivity (Wildman–Crippen MR) is 127 cm³/mol. The third-order valence-electron chi connectivity index (χ3n) is 4.73. The summed E-state index contributed by atoms with van der Waals surface area (Å²) in [5.41, 5.74) is 3.68. The van der Waals surface area contributed by atoms with Crippen LogP contribution >= 0.6 is 11.6 Å². The number of carbonyl (C=O) groups excluding carboxylic acids is 1. The number of hydrogen-bond acceptors (Lipinski definition) is 4. The smallest absolute Gasteiger partial charge is 0.263 e. The van der Waals surface area contributed by atoms with Crippen molar-refractivity contribution in [1.29, 1.82) is 0 Å². The first-order valence-corrected chi connectivity index (χ1v) is 11.9. The van der Waals surface area contributed by atoms with Crippen molar-refractivity contribution in [1.82, 2.24) is 5.32 Å². The molecule has 0 atom stereocenters. The van der Waals surface area contributed by atoms with Gasteiger partial charge in [-0.25, -0.2) is 8.42 Å². The molecular weight excluding hydrogens is 448 g/mol.